The molecular weight excluding hydrogens is 168 g/mol. The van der Waals surface area contributed by atoms with E-state index in [9.17, 15) is 5.11 Å². The van der Waals surface area contributed by atoms with Crippen molar-refractivity contribution in [2.24, 2.45) is 5.92 Å². The smallest absolute Gasteiger partial charge is 0.229 e. The lowest BCUT2D eigenvalue weighted by Crippen LogP contribution is -2.44. The average Bonchev–Trinajstić information content (AvgIpc) is 2.77. The molecule has 0 atom stereocenters. The minimum absolute atomic E-state index is 0.299. The van der Waals surface area contributed by atoms with Crippen LogP contribution in [-0.4, -0.2) is 20.8 Å². The lowest BCUT2D eigenvalue weighted by molar-refractivity contribution is -0.0739. The van der Waals surface area contributed by atoms with Crippen LogP contribution in [0.3, 0.4) is 0 Å². The van der Waals surface area contributed by atoms with Gasteiger partial charge in [0.05, 0.1) is 5.60 Å². The van der Waals surface area contributed by atoms with Gasteiger partial charge in [0.15, 0.2) is 6.33 Å². The van der Waals surface area contributed by atoms with E-state index in [0.29, 0.717) is 17.7 Å². The highest BCUT2D eigenvalue weighted by Gasteiger charge is 2.54. The second kappa shape index (κ2) is 2.32. The number of aliphatic hydroxyl groups is 1. The molecular formula is C9H12N2O2. The Balaban J connectivity index is 1.68. The van der Waals surface area contributed by atoms with Crippen LogP contribution in [-0.2, 0) is 0 Å². The van der Waals surface area contributed by atoms with Gasteiger partial charge in [-0.25, -0.2) is 0 Å². The Kier molecular flexibility index (Phi) is 1.34. The molecule has 4 nitrogen and oxygen atoms in total. The predicted molar refractivity (Wildman–Crippen MR) is 43.9 cm³/mol. The summed E-state index contributed by atoms with van der Waals surface area (Å²) < 4.78 is 4.96. The third kappa shape index (κ3) is 1.09. The van der Waals surface area contributed by atoms with Crippen LogP contribution in [0.25, 0.3) is 0 Å². The molecule has 1 aromatic rings. The molecule has 0 saturated heterocycles. The summed E-state index contributed by atoms with van der Waals surface area (Å²) in [6, 6.07) is 0. The largest absolute Gasteiger partial charge is 0.390 e. The van der Waals surface area contributed by atoms with E-state index in [1.54, 1.807) is 0 Å². The van der Waals surface area contributed by atoms with Gasteiger partial charge >= 0.3 is 0 Å². The average molecular weight is 180 g/mol. The van der Waals surface area contributed by atoms with Crippen LogP contribution in [0.4, 0.5) is 0 Å². The van der Waals surface area contributed by atoms with Gasteiger partial charge in [0, 0.05) is 5.92 Å². The fourth-order valence-corrected chi connectivity index (χ4v) is 2.28. The van der Waals surface area contributed by atoms with E-state index in [4.69, 9.17) is 4.52 Å². The van der Waals surface area contributed by atoms with Crippen LogP contribution in [0.2, 0.25) is 0 Å². The fourth-order valence-electron chi connectivity index (χ4n) is 2.28. The number of hydrogen-bond donors (Lipinski definition) is 1. The quantitative estimate of drug-likeness (QED) is 0.740. The molecule has 1 aromatic heterocycles. The summed E-state index contributed by atoms with van der Waals surface area (Å²) in [7, 11) is 0. The molecule has 2 saturated carbocycles. The van der Waals surface area contributed by atoms with Gasteiger partial charge in [0.2, 0.25) is 5.89 Å². The van der Waals surface area contributed by atoms with E-state index in [-0.39, 0.29) is 0 Å². The standard InChI is InChI=1S/C9H12N2O2/c12-9(7-1-2-7)3-6(4-9)8-10-5-11-13-8/h5-7,12H,1-4H2. The summed E-state index contributed by atoms with van der Waals surface area (Å²) in [5.41, 5.74) is -0.404. The Morgan fingerprint density at radius 3 is 2.77 bits per heavy atom. The van der Waals surface area contributed by atoms with E-state index in [1.807, 2.05) is 0 Å². The van der Waals surface area contributed by atoms with Crippen LogP contribution >= 0.6 is 0 Å². The summed E-state index contributed by atoms with van der Waals surface area (Å²) in [5, 5.41) is 13.6. The molecule has 1 N–H and O–H groups in total. The van der Waals surface area contributed by atoms with Crippen molar-refractivity contribution in [2.75, 3.05) is 0 Å². The molecule has 4 heteroatoms. The summed E-state index contributed by atoms with van der Waals surface area (Å²) >= 11 is 0. The first-order valence-corrected chi connectivity index (χ1v) is 4.77. The molecule has 0 bridgehead atoms. The van der Waals surface area contributed by atoms with E-state index >= 15 is 0 Å². The Morgan fingerprint density at radius 1 is 1.46 bits per heavy atom. The lowest BCUT2D eigenvalue weighted by atomic mass is 9.68. The summed E-state index contributed by atoms with van der Waals surface area (Å²) in [6.07, 6.45) is 5.41. The van der Waals surface area contributed by atoms with Gasteiger partial charge in [0.1, 0.15) is 0 Å². The molecule has 1 heterocycles. The minimum atomic E-state index is -0.404. The predicted octanol–water partition coefficient (Wildman–Crippen LogP) is 1.09. The maximum absolute atomic E-state index is 10.0. The normalized spacial score (nSPS) is 38.7. The maximum atomic E-state index is 10.0. The van der Waals surface area contributed by atoms with Crippen molar-refractivity contribution in [3.05, 3.63) is 12.2 Å². The Hall–Kier alpha value is -0.900. The number of aromatic nitrogens is 2. The summed E-state index contributed by atoms with van der Waals surface area (Å²) in [5.74, 6) is 1.53. The van der Waals surface area contributed by atoms with Crippen LogP contribution < -0.4 is 0 Å². The third-order valence-corrected chi connectivity index (χ3v) is 3.26. The molecule has 3 rings (SSSR count). The molecule has 0 unspecified atom stereocenters. The van der Waals surface area contributed by atoms with Gasteiger partial charge < -0.3 is 9.63 Å². The molecule has 2 fully saturated rings. The van der Waals surface area contributed by atoms with E-state index in [0.717, 1.165) is 12.8 Å². The van der Waals surface area contributed by atoms with Crippen molar-refractivity contribution < 1.29 is 9.63 Å². The topological polar surface area (TPSA) is 59.2 Å². The molecule has 2 aliphatic rings. The molecule has 0 amide bonds. The molecule has 0 aliphatic heterocycles. The van der Waals surface area contributed by atoms with Crippen molar-refractivity contribution >= 4 is 0 Å². The van der Waals surface area contributed by atoms with Gasteiger partial charge in [-0.15, -0.1) is 0 Å². The number of nitrogens with zero attached hydrogens (tertiary/aromatic N) is 2. The van der Waals surface area contributed by atoms with Gasteiger partial charge in [-0.3, -0.25) is 0 Å². The molecule has 2 aliphatic carbocycles. The Bertz CT molecular complexity index is 299. The Labute approximate surface area is 76.0 Å². The molecule has 70 valence electrons. The second-order valence-corrected chi connectivity index (χ2v) is 4.26. The first-order valence-electron chi connectivity index (χ1n) is 4.77. The van der Waals surface area contributed by atoms with Crippen molar-refractivity contribution in [3.63, 3.8) is 0 Å². The first kappa shape index (κ1) is 7.50. The van der Waals surface area contributed by atoms with Crippen molar-refractivity contribution in [1.29, 1.82) is 0 Å². The number of hydrogen-bond acceptors (Lipinski definition) is 4. The highest BCUT2D eigenvalue weighted by molar-refractivity contribution is 5.11. The lowest BCUT2D eigenvalue weighted by Gasteiger charge is -2.42. The van der Waals surface area contributed by atoms with Gasteiger partial charge in [-0.05, 0) is 31.6 Å². The minimum Gasteiger partial charge on any atom is -0.390 e. The van der Waals surface area contributed by atoms with Crippen LogP contribution in [0.15, 0.2) is 10.9 Å². The molecule has 0 spiro atoms. The van der Waals surface area contributed by atoms with Crippen molar-refractivity contribution in [1.82, 2.24) is 10.1 Å². The highest BCUT2D eigenvalue weighted by atomic mass is 16.5. The van der Waals surface area contributed by atoms with Gasteiger partial charge in [-0.1, -0.05) is 5.16 Å². The monoisotopic (exact) mass is 180 g/mol. The third-order valence-electron chi connectivity index (χ3n) is 3.26. The van der Waals surface area contributed by atoms with Crippen LogP contribution in [0, 0.1) is 5.92 Å². The zero-order valence-electron chi connectivity index (χ0n) is 7.31. The van der Waals surface area contributed by atoms with Crippen LogP contribution in [0.5, 0.6) is 0 Å². The van der Waals surface area contributed by atoms with Crippen molar-refractivity contribution in [3.8, 4) is 0 Å². The highest BCUT2D eigenvalue weighted by Crippen LogP contribution is 2.55. The number of rotatable bonds is 2. The fraction of sp³-hybridized carbons (Fsp3) is 0.778. The molecule has 13 heavy (non-hydrogen) atoms. The zero-order valence-corrected chi connectivity index (χ0v) is 7.31. The second-order valence-electron chi connectivity index (χ2n) is 4.26. The van der Waals surface area contributed by atoms with E-state index in [2.05, 4.69) is 10.1 Å². The van der Waals surface area contributed by atoms with E-state index in [1.165, 1.54) is 19.2 Å². The molecule has 0 radical (unpaired) electrons. The Morgan fingerprint density at radius 2 is 2.23 bits per heavy atom. The van der Waals surface area contributed by atoms with Gasteiger partial charge in [0.25, 0.3) is 0 Å². The SMILES string of the molecule is OC1(C2CC2)CC(c2ncno2)C1. The summed E-state index contributed by atoms with van der Waals surface area (Å²) in [6.45, 7) is 0. The maximum Gasteiger partial charge on any atom is 0.229 e. The van der Waals surface area contributed by atoms with E-state index < -0.39 is 5.60 Å². The summed E-state index contributed by atoms with van der Waals surface area (Å²) in [4.78, 5) is 3.99. The van der Waals surface area contributed by atoms with Gasteiger partial charge in [-0.2, -0.15) is 4.98 Å². The zero-order chi connectivity index (χ0) is 8.89. The van der Waals surface area contributed by atoms with Crippen molar-refractivity contribution in [2.45, 2.75) is 37.2 Å². The first-order chi connectivity index (χ1) is 6.28. The van der Waals surface area contributed by atoms with Crippen LogP contribution in [0.1, 0.15) is 37.5 Å². The molecule has 0 aromatic carbocycles.